The van der Waals surface area contributed by atoms with Gasteiger partial charge in [-0.15, -0.1) is 0 Å². The summed E-state index contributed by atoms with van der Waals surface area (Å²) < 4.78 is 11.5. The summed E-state index contributed by atoms with van der Waals surface area (Å²) in [4.78, 5) is 30.9. The maximum absolute atomic E-state index is 12.7. The van der Waals surface area contributed by atoms with Gasteiger partial charge in [0, 0.05) is 47.8 Å². The van der Waals surface area contributed by atoms with Gasteiger partial charge in [0.1, 0.15) is 12.2 Å². The molecule has 0 saturated carbocycles. The third-order valence-corrected chi connectivity index (χ3v) is 6.79. The summed E-state index contributed by atoms with van der Waals surface area (Å²) >= 11 is 0. The SMILES string of the molecule is CON1C(C)(C)CC(OC(=O)C(C)CC(=O)OC2CC(C)(C)N(O)C(C)(C)C2)CC1(C)C. The molecule has 0 aromatic heterocycles. The molecule has 0 aromatic rings. The van der Waals surface area contributed by atoms with Crippen molar-refractivity contribution in [2.75, 3.05) is 7.11 Å². The number of carbonyl (C=O) groups excluding carboxylic acids is 2. The summed E-state index contributed by atoms with van der Waals surface area (Å²) in [5, 5.41) is 13.7. The van der Waals surface area contributed by atoms with Crippen LogP contribution in [-0.2, 0) is 23.9 Å². The first-order chi connectivity index (χ1) is 14.4. The number of piperidine rings is 2. The first-order valence-corrected chi connectivity index (χ1v) is 11.6. The summed E-state index contributed by atoms with van der Waals surface area (Å²) in [5.74, 6) is -1.38. The molecular formula is C24H44N2O6. The Bertz CT molecular complexity index is 667. The van der Waals surface area contributed by atoms with Crippen molar-refractivity contribution in [2.45, 2.75) is 129 Å². The minimum absolute atomic E-state index is 0.0251. The standard InChI is InChI=1S/C24H44N2O6/c1-16(11-19(27)31-17-12-21(2,3)25(29)22(4,5)13-17)20(28)32-18-14-23(6,7)26(30-10)24(8,9)15-18/h16-18,29H,11-15H2,1-10H3. The number of hydrogen-bond acceptors (Lipinski definition) is 8. The van der Waals surface area contributed by atoms with E-state index in [-0.39, 0.29) is 35.7 Å². The van der Waals surface area contributed by atoms with E-state index in [1.54, 1.807) is 14.0 Å². The van der Waals surface area contributed by atoms with Gasteiger partial charge in [-0.05, 0) is 55.4 Å². The summed E-state index contributed by atoms with van der Waals surface area (Å²) in [5.41, 5.74) is -1.59. The third kappa shape index (κ3) is 6.01. The molecule has 0 aliphatic carbocycles. The molecule has 2 aliphatic heterocycles. The normalized spacial score (nSPS) is 27.0. The zero-order valence-corrected chi connectivity index (χ0v) is 21.7. The molecular weight excluding hydrogens is 412 g/mol. The van der Waals surface area contributed by atoms with Crippen LogP contribution in [-0.4, -0.2) is 68.7 Å². The van der Waals surface area contributed by atoms with E-state index in [0.717, 1.165) is 0 Å². The number of hydroxylamine groups is 4. The van der Waals surface area contributed by atoms with Crippen LogP contribution in [0, 0.1) is 5.92 Å². The van der Waals surface area contributed by atoms with Gasteiger partial charge < -0.3 is 19.5 Å². The third-order valence-electron chi connectivity index (χ3n) is 6.79. The second-order valence-corrected chi connectivity index (χ2v) is 12.1. The number of carbonyl (C=O) groups is 2. The molecule has 0 aromatic carbocycles. The lowest BCUT2D eigenvalue weighted by molar-refractivity contribution is -0.278. The van der Waals surface area contributed by atoms with Gasteiger partial charge in [0.15, 0.2) is 0 Å². The Balaban J connectivity index is 1.92. The largest absolute Gasteiger partial charge is 0.462 e. The van der Waals surface area contributed by atoms with Crippen molar-refractivity contribution in [1.82, 2.24) is 10.1 Å². The predicted octanol–water partition coefficient (Wildman–Crippen LogP) is 4.09. The van der Waals surface area contributed by atoms with Crippen molar-refractivity contribution >= 4 is 11.9 Å². The Morgan fingerprint density at radius 1 is 0.844 bits per heavy atom. The van der Waals surface area contributed by atoms with Gasteiger partial charge in [-0.25, -0.2) is 0 Å². The van der Waals surface area contributed by atoms with Gasteiger partial charge in [0.05, 0.1) is 19.4 Å². The van der Waals surface area contributed by atoms with Crippen LogP contribution in [0.4, 0.5) is 0 Å². The van der Waals surface area contributed by atoms with Crippen LogP contribution >= 0.6 is 0 Å². The zero-order valence-electron chi connectivity index (χ0n) is 21.7. The van der Waals surface area contributed by atoms with Crippen molar-refractivity contribution in [3.05, 3.63) is 0 Å². The lowest BCUT2D eigenvalue weighted by atomic mass is 9.80. The molecule has 1 atom stereocenters. The van der Waals surface area contributed by atoms with E-state index in [9.17, 15) is 14.8 Å². The van der Waals surface area contributed by atoms with Gasteiger partial charge in [-0.3, -0.25) is 9.59 Å². The fourth-order valence-corrected chi connectivity index (χ4v) is 5.86. The molecule has 1 unspecified atom stereocenters. The molecule has 0 bridgehead atoms. The second kappa shape index (κ2) is 9.20. The highest BCUT2D eigenvalue weighted by Crippen LogP contribution is 2.40. The molecule has 2 fully saturated rings. The van der Waals surface area contributed by atoms with Crippen molar-refractivity contribution < 1.29 is 29.1 Å². The van der Waals surface area contributed by atoms with E-state index in [0.29, 0.717) is 25.7 Å². The number of esters is 2. The second-order valence-electron chi connectivity index (χ2n) is 12.1. The molecule has 8 nitrogen and oxygen atoms in total. The van der Waals surface area contributed by atoms with Crippen molar-refractivity contribution in [2.24, 2.45) is 5.92 Å². The molecule has 0 amide bonds. The van der Waals surface area contributed by atoms with Crippen molar-refractivity contribution in [1.29, 1.82) is 0 Å². The molecule has 32 heavy (non-hydrogen) atoms. The van der Waals surface area contributed by atoms with Crippen LogP contribution in [0.3, 0.4) is 0 Å². The average molecular weight is 457 g/mol. The maximum Gasteiger partial charge on any atom is 0.309 e. The Morgan fingerprint density at radius 3 is 1.69 bits per heavy atom. The van der Waals surface area contributed by atoms with E-state index >= 15 is 0 Å². The fraction of sp³-hybridized carbons (Fsp3) is 0.917. The van der Waals surface area contributed by atoms with Gasteiger partial charge >= 0.3 is 11.9 Å². The highest BCUT2D eigenvalue weighted by atomic mass is 16.7. The molecule has 2 rings (SSSR count). The minimum atomic E-state index is -0.590. The van der Waals surface area contributed by atoms with E-state index in [4.69, 9.17) is 14.3 Å². The Kier molecular flexibility index (Phi) is 7.77. The summed E-state index contributed by atoms with van der Waals surface area (Å²) in [6, 6.07) is 0. The molecule has 2 aliphatic rings. The van der Waals surface area contributed by atoms with E-state index < -0.39 is 23.0 Å². The van der Waals surface area contributed by atoms with Gasteiger partial charge in [0.2, 0.25) is 0 Å². The van der Waals surface area contributed by atoms with Crippen LogP contribution in [0.5, 0.6) is 0 Å². The molecule has 1 N–H and O–H groups in total. The average Bonchev–Trinajstić information content (AvgIpc) is 2.56. The smallest absolute Gasteiger partial charge is 0.309 e. The van der Waals surface area contributed by atoms with Crippen molar-refractivity contribution in [3.8, 4) is 0 Å². The van der Waals surface area contributed by atoms with Gasteiger partial charge in [0.25, 0.3) is 0 Å². The number of rotatable bonds is 6. The highest BCUT2D eigenvalue weighted by Gasteiger charge is 2.48. The quantitative estimate of drug-likeness (QED) is 0.598. The maximum atomic E-state index is 12.7. The lowest BCUT2D eigenvalue weighted by Crippen LogP contribution is -2.61. The Hall–Kier alpha value is -1.22. The number of ether oxygens (including phenoxy) is 2. The molecule has 0 radical (unpaired) electrons. The summed E-state index contributed by atoms with van der Waals surface area (Å²) in [7, 11) is 1.66. The molecule has 2 saturated heterocycles. The number of hydrogen-bond donors (Lipinski definition) is 1. The minimum Gasteiger partial charge on any atom is -0.462 e. The van der Waals surface area contributed by atoms with Crippen LogP contribution < -0.4 is 0 Å². The molecule has 2 heterocycles. The zero-order chi connectivity index (χ0) is 24.7. The monoisotopic (exact) mass is 456 g/mol. The predicted molar refractivity (Wildman–Crippen MR) is 121 cm³/mol. The van der Waals surface area contributed by atoms with E-state index in [1.807, 2.05) is 32.8 Å². The van der Waals surface area contributed by atoms with E-state index in [1.165, 1.54) is 5.06 Å². The first-order valence-electron chi connectivity index (χ1n) is 11.6. The van der Waals surface area contributed by atoms with Crippen LogP contribution in [0.25, 0.3) is 0 Å². The Morgan fingerprint density at radius 2 is 1.25 bits per heavy atom. The van der Waals surface area contributed by atoms with Gasteiger partial charge in [-0.2, -0.15) is 10.1 Å². The van der Waals surface area contributed by atoms with Crippen LogP contribution in [0.15, 0.2) is 0 Å². The summed E-state index contributed by atoms with van der Waals surface area (Å²) in [6.45, 7) is 17.7. The Labute approximate surface area is 193 Å². The van der Waals surface area contributed by atoms with E-state index in [2.05, 4.69) is 27.7 Å². The first kappa shape index (κ1) is 27.0. The van der Waals surface area contributed by atoms with Gasteiger partial charge in [-0.1, -0.05) is 6.92 Å². The van der Waals surface area contributed by atoms with Crippen molar-refractivity contribution in [3.63, 3.8) is 0 Å². The lowest BCUT2D eigenvalue weighted by Gasteiger charge is -2.52. The molecule has 8 heteroatoms. The molecule has 186 valence electrons. The summed E-state index contributed by atoms with van der Waals surface area (Å²) in [6.07, 6.45) is 1.78. The highest BCUT2D eigenvalue weighted by molar-refractivity contribution is 5.79. The fourth-order valence-electron chi connectivity index (χ4n) is 5.86. The van der Waals surface area contributed by atoms with Crippen LogP contribution in [0.1, 0.15) is 94.4 Å². The topological polar surface area (TPSA) is 88.5 Å². The molecule has 0 spiro atoms. The number of nitrogens with zero attached hydrogens (tertiary/aromatic N) is 2. The van der Waals surface area contributed by atoms with Crippen LogP contribution in [0.2, 0.25) is 0 Å².